The van der Waals surface area contributed by atoms with Gasteiger partial charge >= 0.3 is 0 Å². The minimum atomic E-state index is 0.146. The highest BCUT2D eigenvalue weighted by Gasteiger charge is 2.23. The zero-order valence-electron chi connectivity index (χ0n) is 11.5. The molecule has 2 heteroatoms. The summed E-state index contributed by atoms with van der Waals surface area (Å²) in [5.41, 5.74) is 1.46. The Labute approximate surface area is 105 Å². The van der Waals surface area contributed by atoms with Crippen LogP contribution in [0.15, 0.2) is 24.3 Å². The van der Waals surface area contributed by atoms with Crippen LogP contribution < -0.4 is 10.1 Å². The molecule has 0 aliphatic rings. The third-order valence-corrected chi connectivity index (χ3v) is 3.08. The summed E-state index contributed by atoms with van der Waals surface area (Å²) < 4.78 is 5.83. The van der Waals surface area contributed by atoms with Crippen LogP contribution in [0.25, 0.3) is 0 Å². The Kier molecular flexibility index (Phi) is 5.49. The molecule has 17 heavy (non-hydrogen) atoms. The van der Waals surface area contributed by atoms with Crippen LogP contribution in [0.3, 0.4) is 0 Å². The van der Waals surface area contributed by atoms with Crippen molar-refractivity contribution in [2.24, 2.45) is 0 Å². The SMILES string of the molecule is CCCOc1ccccc1C(C)(C)CCNC. The van der Waals surface area contributed by atoms with Crippen molar-refractivity contribution in [2.45, 2.75) is 39.0 Å². The third kappa shape index (κ3) is 4.04. The van der Waals surface area contributed by atoms with Crippen LogP contribution in [0.5, 0.6) is 5.75 Å². The van der Waals surface area contributed by atoms with Crippen molar-refractivity contribution in [1.82, 2.24) is 5.32 Å². The Balaban J connectivity index is 2.86. The number of hydrogen-bond donors (Lipinski definition) is 1. The number of hydrogen-bond acceptors (Lipinski definition) is 2. The highest BCUT2D eigenvalue weighted by atomic mass is 16.5. The van der Waals surface area contributed by atoms with Crippen LogP contribution in [0.4, 0.5) is 0 Å². The molecule has 0 atom stereocenters. The molecule has 2 nitrogen and oxygen atoms in total. The lowest BCUT2D eigenvalue weighted by atomic mass is 9.81. The summed E-state index contributed by atoms with van der Waals surface area (Å²) in [4.78, 5) is 0. The lowest BCUT2D eigenvalue weighted by molar-refractivity contribution is 0.305. The topological polar surface area (TPSA) is 21.3 Å². The largest absolute Gasteiger partial charge is 0.493 e. The van der Waals surface area contributed by atoms with Crippen molar-refractivity contribution in [3.63, 3.8) is 0 Å². The van der Waals surface area contributed by atoms with Crippen LogP contribution in [0, 0.1) is 0 Å². The summed E-state index contributed by atoms with van der Waals surface area (Å²) in [5.74, 6) is 1.04. The van der Waals surface area contributed by atoms with E-state index < -0.39 is 0 Å². The van der Waals surface area contributed by atoms with Crippen molar-refractivity contribution in [2.75, 3.05) is 20.2 Å². The zero-order chi connectivity index (χ0) is 12.7. The van der Waals surface area contributed by atoms with Crippen molar-refractivity contribution >= 4 is 0 Å². The number of para-hydroxylation sites is 1. The second-order valence-electron chi connectivity index (χ2n) is 5.08. The first kappa shape index (κ1) is 14.0. The maximum atomic E-state index is 5.83. The van der Waals surface area contributed by atoms with Gasteiger partial charge in [-0.15, -0.1) is 0 Å². The van der Waals surface area contributed by atoms with E-state index in [0.717, 1.165) is 31.7 Å². The molecule has 0 unspecified atom stereocenters. The Morgan fingerprint density at radius 1 is 1.24 bits per heavy atom. The molecule has 0 radical (unpaired) electrons. The van der Waals surface area contributed by atoms with Gasteiger partial charge in [0.15, 0.2) is 0 Å². The van der Waals surface area contributed by atoms with Gasteiger partial charge in [0, 0.05) is 0 Å². The fraction of sp³-hybridized carbons (Fsp3) is 0.600. The monoisotopic (exact) mass is 235 g/mol. The highest BCUT2D eigenvalue weighted by molar-refractivity contribution is 5.38. The van der Waals surface area contributed by atoms with Gasteiger partial charge in [-0.1, -0.05) is 39.0 Å². The molecule has 96 valence electrons. The van der Waals surface area contributed by atoms with Gasteiger partial charge in [0.2, 0.25) is 0 Å². The summed E-state index contributed by atoms with van der Waals surface area (Å²) in [6, 6.07) is 8.39. The van der Waals surface area contributed by atoms with Crippen molar-refractivity contribution in [3.8, 4) is 5.75 Å². The van der Waals surface area contributed by atoms with Crippen LogP contribution >= 0.6 is 0 Å². The van der Waals surface area contributed by atoms with Crippen molar-refractivity contribution in [3.05, 3.63) is 29.8 Å². The molecule has 1 aromatic rings. The normalized spacial score (nSPS) is 11.5. The number of nitrogens with one attached hydrogen (secondary N) is 1. The first-order valence-corrected chi connectivity index (χ1v) is 6.48. The summed E-state index contributed by atoms with van der Waals surface area (Å²) in [6.07, 6.45) is 2.15. The molecule has 1 rings (SSSR count). The molecule has 0 fully saturated rings. The lowest BCUT2D eigenvalue weighted by Gasteiger charge is -2.27. The third-order valence-electron chi connectivity index (χ3n) is 3.08. The van der Waals surface area contributed by atoms with E-state index in [0.29, 0.717) is 0 Å². The quantitative estimate of drug-likeness (QED) is 0.782. The van der Waals surface area contributed by atoms with Crippen LogP contribution in [-0.4, -0.2) is 20.2 Å². The molecule has 0 aromatic heterocycles. The molecule has 0 bridgehead atoms. The van der Waals surface area contributed by atoms with Gasteiger partial charge in [0.1, 0.15) is 5.75 Å². The Morgan fingerprint density at radius 2 is 1.94 bits per heavy atom. The predicted octanol–water partition coefficient (Wildman–Crippen LogP) is 3.36. The van der Waals surface area contributed by atoms with E-state index >= 15 is 0 Å². The molecular weight excluding hydrogens is 210 g/mol. The van der Waals surface area contributed by atoms with Gasteiger partial charge in [0.05, 0.1) is 6.61 Å². The minimum Gasteiger partial charge on any atom is -0.493 e. The minimum absolute atomic E-state index is 0.146. The Morgan fingerprint density at radius 3 is 2.59 bits per heavy atom. The second kappa shape index (κ2) is 6.65. The number of rotatable bonds is 7. The Hall–Kier alpha value is -1.02. The highest BCUT2D eigenvalue weighted by Crippen LogP contribution is 2.33. The van der Waals surface area contributed by atoms with Gasteiger partial charge in [-0.3, -0.25) is 0 Å². The number of benzene rings is 1. The molecule has 1 N–H and O–H groups in total. The molecule has 0 spiro atoms. The Bertz CT molecular complexity index is 333. The van der Waals surface area contributed by atoms with Gasteiger partial charge in [-0.25, -0.2) is 0 Å². The summed E-state index contributed by atoms with van der Waals surface area (Å²) in [5, 5.41) is 3.22. The molecular formula is C15H25NO. The van der Waals surface area contributed by atoms with Crippen LogP contribution in [-0.2, 0) is 5.41 Å². The van der Waals surface area contributed by atoms with Gasteiger partial charge in [0.25, 0.3) is 0 Å². The summed E-state index contributed by atoms with van der Waals surface area (Å²) in [7, 11) is 2.00. The van der Waals surface area contributed by atoms with Crippen LogP contribution in [0.1, 0.15) is 39.2 Å². The van der Waals surface area contributed by atoms with Gasteiger partial charge in [-0.05, 0) is 43.5 Å². The average molecular weight is 235 g/mol. The number of ether oxygens (including phenoxy) is 1. The fourth-order valence-corrected chi connectivity index (χ4v) is 1.94. The maximum Gasteiger partial charge on any atom is 0.123 e. The van der Waals surface area contributed by atoms with E-state index in [4.69, 9.17) is 4.74 Å². The average Bonchev–Trinajstić information content (AvgIpc) is 2.34. The lowest BCUT2D eigenvalue weighted by Crippen LogP contribution is -2.24. The van der Waals surface area contributed by atoms with E-state index in [9.17, 15) is 0 Å². The van der Waals surface area contributed by atoms with E-state index in [1.54, 1.807) is 0 Å². The molecule has 0 saturated carbocycles. The fourth-order valence-electron chi connectivity index (χ4n) is 1.94. The smallest absolute Gasteiger partial charge is 0.123 e. The maximum absolute atomic E-state index is 5.83. The first-order valence-electron chi connectivity index (χ1n) is 6.48. The second-order valence-corrected chi connectivity index (χ2v) is 5.08. The van der Waals surface area contributed by atoms with Crippen molar-refractivity contribution < 1.29 is 4.74 Å². The first-order chi connectivity index (χ1) is 8.11. The van der Waals surface area contributed by atoms with Crippen LogP contribution in [0.2, 0.25) is 0 Å². The van der Waals surface area contributed by atoms with E-state index in [1.807, 2.05) is 13.1 Å². The molecule has 0 aliphatic carbocycles. The predicted molar refractivity (Wildman–Crippen MR) is 73.8 cm³/mol. The van der Waals surface area contributed by atoms with E-state index in [-0.39, 0.29) is 5.41 Å². The van der Waals surface area contributed by atoms with E-state index in [1.165, 1.54) is 5.56 Å². The molecule has 1 aromatic carbocycles. The molecule has 0 saturated heterocycles. The van der Waals surface area contributed by atoms with Gasteiger partial charge < -0.3 is 10.1 Å². The van der Waals surface area contributed by atoms with Crippen molar-refractivity contribution in [1.29, 1.82) is 0 Å². The van der Waals surface area contributed by atoms with E-state index in [2.05, 4.69) is 44.3 Å². The molecule has 0 amide bonds. The standard InChI is InChI=1S/C15H25NO/c1-5-12-17-14-9-7-6-8-13(14)15(2,3)10-11-16-4/h6-9,16H,5,10-12H2,1-4H3. The molecule has 0 aliphatic heterocycles. The molecule has 0 heterocycles. The van der Waals surface area contributed by atoms with Gasteiger partial charge in [-0.2, -0.15) is 0 Å². The summed E-state index contributed by atoms with van der Waals surface area (Å²) >= 11 is 0. The summed E-state index contributed by atoms with van der Waals surface area (Å²) in [6.45, 7) is 8.50. The zero-order valence-corrected chi connectivity index (χ0v) is 11.5.